The molecule has 0 radical (unpaired) electrons. The fraction of sp³-hybridized carbons (Fsp3) is 0.300. The number of anilines is 1. The summed E-state index contributed by atoms with van der Waals surface area (Å²) in [6.07, 6.45) is 0.179. The van der Waals surface area contributed by atoms with Crippen LogP contribution in [0, 0.1) is 0 Å². The summed E-state index contributed by atoms with van der Waals surface area (Å²) in [5.74, 6) is -2.45. The Morgan fingerprint density at radius 2 is 1.90 bits per heavy atom. The van der Waals surface area contributed by atoms with E-state index in [-0.39, 0.29) is 24.4 Å². The van der Waals surface area contributed by atoms with Crippen LogP contribution in [0.25, 0.3) is 5.69 Å². The van der Waals surface area contributed by atoms with Crippen LogP contribution in [-0.2, 0) is 33.4 Å². The zero-order valence-corrected chi connectivity index (χ0v) is 16.8. The molecule has 1 aromatic carbocycles. The summed E-state index contributed by atoms with van der Waals surface area (Å²) < 4.78 is 16.7. The van der Waals surface area contributed by atoms with Gasteiger partial charge in [-0.2, -0.15) is 0 Å². The molecular formula is C20H20N4O7. The Kier molecular flexibility index (Phi) is 6.88. The SMILES string of the molecule is CC(=O)OC1=C[C@@H](OC(C)=O)O[C@H](CCC(=O)Nc2cn(-c3ccccc3)nn2)C1=O. The number of ether oxygens (including phenoxy) is 3. The molecule has 1 amide bonds. The highest BCUT2D eigenvalue weighted by atomic mass is 16.7. The Bertz CT molecular complexity index is 1020. The minimum absolute atomic E-state index is 0.0339. The molecule has 1 aliphatic heterocycles. The molecule has 2 atom stereocenters. The summed E-state index contributed by atoms with van der Waals surface area (Å²) in [6.45, 7) is 2.31. The summed E-state index contributed by atoms with van der Waals surface area (Å²) in [7, 11) is 0. The summed E-state index contributed by atoms with van der Waals surface area (Å²) in [5, 5.41) is 10.4. The number of amides is 1. The third-order valence-corrected chi connectivity index (χ3v) is 4.07. The van der Waals surface area contributed by atoms with Crippen molar-refractivity contribution in [3.63, 3.8) is 0 Å². The molecule has 1 N–H and O–H groups in total. The molecule has 1 aromatic heterocycles. The van der Waals surface area contributed by atoms with E-state index in [1.54, 1.807) is 6.20 Å². The normalized spacial score (nSPS) is 18.1. The van der Waals surface area contributed by atoms with Crippen LogP contribution in [0.15, 0.2) is 48.4 Å². The number of carbonyl (C=O) groups is 4. The van der Waals surface area contributed by atoms with Crippen molar-refractivity contribution >= 4 is 29.4 Å². The van der Waals surface area contributed by atoms with E-state index < -0.39 is 36.0 Å². The number of Topliss-reactive ketones (excluding diaryl/α,β-unsaturated/α-hetero) is 1. The van der Waals surface area contributed by atoms with Gasteiger partial charge in [0.2, 0.25) is 18.0 Å². The van der Waals surface area contributed by atoms with Crippen molar-refractivity contribution in [2.24, 2.45) is 0 Å². The van der Waals surface area contributed by atoms with Gasteiger partial charge in [-0.1, -0.05) is 23.4 Å². The molecule has 0 saturated carbocycles. The number of nitrogens with one attached hydrogen (secondary N) is 1. The van der Waals surface area contributed by atoms with E-state index >= 15 is 0 Å². The molecule has 0 unspecified atom stereocenters. The highest BCUT2D eigenvalue weighted by molar-refractivity contribution is 6.00. The van der Waals surface area contributed by atoms with Gasteiger partial charge in [-0.05, 0) is 18.6 Å². The lowest BCUT2D eigenvalue weighted by molar-refractivity contribution is -0.184. The first-order valence-corrected chi connectivity index (χ1v) is 9.36. The second-order valence-corrected chi connectivity index (χ2v) is 6.56. The molecule has 0 spiro atoms. The summed E-state index contributed by atoms with van der Waals surface area (Å²) in [4.78, 5) is 47.2. The summed E-state index contributed by atoms with van der Waals surface area (Å²) >= 11 is 0. The number of aromatic nitrogens is 3. The monoisotopic (exact) mass is 428 g/mol. The van der Waals surface area contributed by atoms with Crippen LogP contribution in [0.4, 0.5) is 5.82 Å². The average molecular weight is 428 g/mol. The largest absolute Gasteiger partial charge is 0.432 e. The van der Waals surface area contributed by atoms with Crippen molar-refractivity contribution in [2.75, 3.05) is 5.32 Å². The number of hydrogen-bond acceptors (Lipinski definition) is 9. The first-order chi connectivity index (χ1) is 14.8. The predicted molar refractivity (Wildman–Crippen MR) is 105 cm³/mol. The van der Waals surface area contributed by atoms with E-state index in [1.807, 2.05) is 30.3 Å². The molecule has 3 rings (SSSR count). The predicted octanol–water partition coefficient (Wildman–Crippen LogP) is 1.29. The van der Waals surface area contributed by atoms with Gasteiger partial charge in [-0.25, -0.2) is 4.68 Å². The molecule has 31 heavy (non-hydrogen) atoms. The molecule has 11 heteroatoms. The van der Waals surface area contributed by atoms with E-state index in [1.165, 1.54) is 11.6 Å². The van der Waals surface area contributed by atoms with Gasteiger partial charge in [0.05, 0.1) is 11.9 Å². The molecule has 2 heterocycles. The van der Waals surface area contributed by atoms with E-state index in [0.29, 0.717) is 0 Å². The lowest BCUT2D eigenvalue weighted by Crippen LogP contribution is -2.38. The van der Waals surface area contributed by atoms with Crippen LogP contribution < -0.4 is 5.32 Å². The number of benzene rings is 1. The van der Waals surface area contributed by atoms with Crippen molar-refractivity contribution in [1.29, 1.82) is 0 Å². The lowest BCUT2D eigenvalue weighted by atomic mass is 10.1. The maximum absolute atomic E-state index is 12.5. The third kappa shape index (κ3) is 6.06. The number of esters is 2. The first kappa shape index (κ1) is 21.8. The third-order valence-electron chi connectivity index (χ3n) is 4.07. The molecule has 0 bridgehead atoms. The van der Waals surface area contributed by atoms with Gasteiger partial charge < -0.3 is 19.5 Å². The Morgan fingerprint density at radius 3 is 2.58 bits per heavy atom. The Hall–Kier alpha value is -3.86. The molecule has 162 valence electrons. The number of rotatable bonds is 7. The number of carbonyl (C=O) groups excluding carboxylic acids is 4. The molecular weight excluding hydrogens is 408 g/mol. The van der Waals surface area contributed by atoms with Crippen molar-refractivity contribution in [3.8, 4) is 5.69 Å². The number of hydrogen-bond donors (Lipinski definition) is 1. The highest BCUT2D eigenvalue weighted by Crippen LogP contribution is 2.22. The summed E-state index contributed by atoms with van der Waals surface area (Å²) in [5.41, 5.74) is 0.776. The zero-order valence-electron chi connectivity index (χ0n) is 16.8. The van der Waals surface area contributed by atoms with Crippen LogP contribution in [-0.4, -0.2) is 51.0 Å². The Balaban J connectivity index is 1.59. The van der Waals surface area contributed by atoms with Crippen molar-refractivity contribution in [1.82, 2.24) is 15.0 Å². The van der Waals surface area contributed by atoms with E-state index in [2.05, 4.69) is 15.6 Å². The minimum Gasteiger partial charge on any atom is -0.432 e. The molecule has 1 aliphatic rings. The second-order valence-electron chi connectivity index (χ2n) is 6.56. The highest BCUT2D eigenvalue weighted by Gasteiger charge is 2.34. The lowest BCUT2D eigenvalue weighted by Gasteiger charge is -2.26. The van der Waals surface area contributed by atoms with Crippen LogP contribution >= 0.6 is 0 Å². The molecule has 0 saturated heterocycles. The van der Waals surface area contributed by atoms with Crippen LogP contribution in [0.5, 0.6) is 0 Å². The average Bonchev–Trinajstić information content (AvgIpc) is 3.17. The topological polar surface area (TPSA) is 139 Å². The number of nitrogens with zero attached hydrogens (tertiary/aromatic N) is 3. The fourth-order valence-electron chi connectivity index (χ4n) is 2.79. The first-order valence-electron chi connectivity index (χ1n) is 9.36. The van der Waals surface area contributed by atoms with Crippen molar-refractivity contribution in [3.05, 3.63) is 48.4 Å². The van der Waals surface area contributed by atoms with E-state index in [0.717, 1.165) is 18.7 Å². The van der Waals surface area contributed by atoms with Gasteiger partial charge in [0, 0.05) is 26.3 Å². The van der Waals surface area contributed by atoms with Gasteiger partial charge in [0.15, 0.2) is 11.6 Å². The Labute approximate surface area is 177 Å². The molecule has 0 aliphatic carbocycles. The number of para-hydroxylation sites is 1. The van der Waals surface area contributed by atoms with E-state index in [4.69, 9.17) is 14.2 Å². The number of ketones is 1. The van der Waals surface area contributed by atoms with Gasteiger partial charge >= 0.3 is 11.9 Å². The maximum Gasteiger partial charge on any atom is 0.308 e. The van der Waals surface area contributed by atoms with Crippen LogP contribution in [0.1, 0.15) is 26.7 Å². The summed E-state index contributed by atoms with van der Waals surface area (Å²) in [6, 6.07) is 9.22. The van der Waals surface area contributed by atoms with Crippen LogP contribution in [0.3, 0.4) is 0 Å². The second kappa shape index (κ2) is 9.76. The molecule has 0 fully saturated rings. The van der Waals surface area contributed by atoms with Crippen LogP contribution in [0.2, 0.25) is 0 Å². The van der Waals surface area contributed by atoms with Gasteiger partial charge in [0.25, 0.3) is 0 Å². The standard InChI is InChI=1S/C20H20N4O7/c1-12(25)29-16-10-19(30-13(2)26)31-15(20(16)28)8-9-18(27)21-17-11-24(23-22-17)14-6-4-3-5-7-14/h3-7,10-11,15,19H,8-9H2,1-2H3,(H,21,27)/t15-,19+/m1/s1. The van der Waals surface area contributed by atoms with Gasteiger partial charge in [-0.3, -0.25) is 19.2 Å². The molecule has 2 aromatic rings. The minimum atomic E-state index is -1.21. The smallest absolute Gasteiger partial charge is 0.308 e. The van der Waals surface area contributed by atoms with Gasteiger partial charge in [-0.15, -0.1) is 5.10 Å². The van der Waals surface area contributed by atoms with E-state index in [9.17, 15) is 19.2 Å². The fourth-order valence-corrected chi connectivity index (χ4v) is 2.79. The zero-order chi connectivity index (χ0) is 22.4. The quantitative estimate of drug-likeness (QED) is 0.646. The molecule has 11 nitrogen and oxygen atoms in total. The Morgan fingerprint density at radius 1 is 1.16 bits per heavy atom. The van der Waals surface area contributed by atoms with Gasteiger partial charge in [0.1, 0.15) is 6.10 Å². The maximum atomic E-state index is 12.5. The van der Waals surface area contributed by atoms with Crippen molar-refractivity contribution < 1.29 is 33.4 Å². The van der Waals surface area contributed by atoms with Crippen molar-refractivity contribution in [2.45, 2.75) is 39.1 Å².